The highest BCUT2D eigenvalue weighted by atomic mass is 35.6. The molecule has 2 heterocycles. The number of nitrogens with zero attached hydrogens (tertiary/aromatic N) is 2. The number of halogens is 3. The Kier molecular flexibility index (Phi) is 5.73. The lowest BCUT2D eigenvalue weighted by atomic mass is 10.2. The Morgan fingerprint density at radius 2 is 2.11 bits per heavy atom. The molecule has 0 bridgehead atoms. The minimum atomic E-state index is -4.03. The van der Waals surface area contributed by atoms with Crippen molar-refractivity contribution in [1.82, 2.24) is 9.62 Å². The van der Waals surface area contributed by atoms with E-state index in [1.807, 2.05) is 0 Å². The Morgan fingerprint density at radius 3 is 2.71 bits per heavy atom. The topological polar surface area (TPSA) is 96.0 Å². The average Bonchev–Trinajstić information content (AvgIpc) is 3.22. The lowest BCUT2D eigenvalue weighted by Gasteiger charge is -2.20. The third-order valence-electron chi connectivity index (χ3n) is 4.30. The summed E-state index contributed by atoms with van der Waals surface area (Å²) in [6, 6.07) is 3.12. The van der Waals surface area contributed by atoms with Crippen molar-refractivity contribution in [2.75, 3.05) is 24.6 Å². The Bertz CT molecular complexity index is 932. The van der Waals surface area contributed by atoms with Gasteiger partial charge < -0.3 is 10.1 Å². The molecular weight excluding hydrogens is 453 g/mol. The fraction of sp³-hybridized carbons (Fsp3) is 0.375. The molecule has 3 amide bonds. The number of sulfonamides is 1. The third kappa shape index (κ3) is 4.17. The van der Waals surface area contributed by atoms with Crippen LogP contribution in [0, 0.1) is 0 Å². The molecule has 0 aromatic heterocycles. The average molecular weight is 469 g/mol. The summed E-state index contributed by atoms with van der Waals surface area (Å²) in [5.41, 5.74) is 1.13. The number of fused-ring (bicyclic) bond motifs is 1. The maximum absolute atomic E-state index is 12.8. The quantitative estimate of drug-likeness (QED) is 0.541. The van der Waals surface area contributed by atoms with Gasteiger partial charge in [0.15, 0.2) is 0 Å². The third-order valence-corrected chi connectivity index (χ3v) is 6.37. The molecule has 1 atom stereocenters. The van der Waals surface area contributed by atoms with Crippen molar-refractivity contribution in [3.63, 3.8) is 0 Å². The van der Waals surface area contributed by atoms with Crippen LogP contribution >= 0.6 is 34.8 Å². The number of alkyl halides is 3. The number of ether oxygens (including phenoxy) is 1. The van der Waals surface area contributed by atoms with Gasteiger partial charge in [0, 0.05) is 6.54 Å². The summed E-state index contributed by atoms with van der Waals surface area (Å²) < 4.78 is 29.6. The Morgan fingerprint density at radius 1 is 1.39 bits per heavy atom. The number of anilines is 1. The van der Waals surface area contributed by atoms with Gasteiger partial charge in [-0.25, -0.2) is 22.3 Å². The summed E-state index contributed by atoms with van der Waals surface area (Å²) in [7, 11) is -4.03. The second-order valence-electron chi connectivity index (χ2n) is 6.19. The molecule has 28 heavy (non-hydrogen) atoms. The van der Waals surface area contributed by atoms with E-state index in [0.29, 0.717) is 24.2 Å². The monoisotopic (exact) mass is 467 g/mol. The highest BCUT2D eigenvalue weighted by molar-refractivity contribution is 7.89. The summed E-state index contributed by atoms with van der Waals surface area (Å²) in [6.07, 6.45) is 1.19. The molecule has 1 unspecified atom stereocenters. The van der Waals surface area contributed by atoms with Crippen molar-refractivity contribution in [2.24, 2.45) is 0 Å². The van der Waals surface area contributed by atoms with Crippen LogP contribution in [-0.4, -0.2) is 54.4 Å². The number of urea groups is 1. The van der Waals surface area contributed by atoms with Crippen LogP contribution in [0.1, 0.15) is 5.56 Å². The van der Waals surface area contributed by atoms with Crippen LogP contribution in [-0.2, 0) is 21.2 Å². The van der Waals surface area contributed by atoms with Gasteiger partial charge in [0.1, 0.15) is 6.61 Å². The van der Waals surface area contributed by atoms with Crippen LogP contribution in [0.25, 0.3) is 0 Å². The summed E-state index contributed by atoms with van der Waals surface area (Å²) in [4.78, 5) is 25.5. The largest absolute Gasteiger partial charge is 0.445 e. The molecule has 2 aliphatic rings. The zero-order valence-corrected chi connectivity index (χ0v) is 17.5. The molecule has 1 fully saturated rings. The van der Waals surface area contributed by atoms with Crippen molar-refractivity contribution in [2.45, 2.75) is 21.2 Å². The molecule has 152 valence electrons. The molecule has 1 saturated heterocycles. The molecular formula is C16H16Cl3N3O5S. The molecule has 0 spiro atoms. The summed E-state index contributed by atoms with van der Waals surface area (Å²) in [5, 5.41) is 2.52. The smallest absolute Gasteiger partial charge is 0.414 e. The second-order valence-corrected chi connectivity index (χ2v) is 10.6. The van der Waals surface area contributed by atoms with E-state index in [1.54, 1.807) is 0 Å². The molecule has 12 heteroatoms. The number of rotatable bonds is 4. The van der Waals surface area contributed by atoms with Gasteiger partial charge >= 0.3 is 12.1 Å². The lowest BCUT2D eigenvalue weighted by Crippen LogP contribution is -2.34. The number of benzene rings is 1. The van der Waals surface area contributed by atoms with E-state index in [2.05, 4.69) is 11.9 Å². The van der Waals surface area contributed by atoms with Crippen molar-refractivity contribution < 1.29 is 22.7 Å². The van der Waals surface area contributed by atoms with E-state index in [0.717, 1.165) is 4.31 Å². The van der Waals surface area contributed by atoms with Crippen LogP contribution in [0.5, 0.6) is 0 Å². The van der Waals surface area contributed by atoms with Crippen LogP contribution in [0.2, 0.25) is 0 Å². The summed E-state index contributed by atoms with van der Waals surface area (Å²) in [6.45, 7) is 3.41. The first-order valence-corrected chi connectivity index (χ1v) is 10.7. The standard InChI is InChI=1S/C16H16Cl3N3O5S/c1-2-11-8-22(14(23)20-11)28(25,26)12-3-4-13-10(7-12)5-6-21(13)15(24)27-9-16(17,18)19/h2-4,7,11H,1,5-6,8-9H2,(H,20,23). The number of hydrogen-bond acceptors (Lipinski definition) is 5. The minimum absolute atomic E-state index is 0.0305. The number of amides is 3. The molecule has 8 nitrogen and oxygen atoms in total. The summed E-state index contributed by atoms with van der Waals surface area (Å²) in [5.74, 6) is 0. The van der Waals surface area contributed by atoms with Crippen molar-refractivity contribution in [1.29, 1.82) is 0 Å². The molecule has 1 aromatic rings. The van der Waals surface area contributed by atoms with Crippen LogP contribution in [0.3, 0.4) is 0 Å². The fourth-order valence-corrected chi connectivity index (χ4v) is 4.53. The van der Waals surface area contributed by atoms with E-state index in [4.69, 9.17) is 39.5 Å². The fourth-order valence-electron chi connectivity index (χ4n) is 2.96. The van der Waals surface area contributed by atoms with Crippen molar-refractivity contribution >= 4 is 62.6 Å². The van der Waals surface area contributed by atoms with Gasteiger partial charge in [0.05, 0.1) is 23.2 Å². The van der Waals surface area contributed by atoms with Gasteiger partial charge in [-0.3, -0.25) is 4.90 Å². The zero-order chi connectivity index (χ0) is 20.7. The van der Waals surface area contributed by atoms with Gasteiger partial charge in [-0.05, 0) is 30.2 Å². The second kappa shape index (κ2) is 7.62. The van der Waals surface area contributed by atoms with Crippen LogP contribution in [0.4, 0.5) is 15.3 Å². The zero-order valence-electron chi connectivity index (χ0n) is 14.4. The van der Waals surface area contributed by atoms with Crippen LogP contribution in [0.15, 0.2) is 35.7 Å². The van der Waals surface area contributed by atoms with E-state index >= 15 is 0 Å². The Hall–Kier alpha value is -1.68. The Balaban J connectivity index is 1.80. The maximum Gasteiger partial charge on any atom is 0.414 e. The first-order chi connectivity index (χ1) is 13.0. The van der Waals surface area contributed by atoms with Crippen LogP contribution < -0.4 is 10.2 Å². The highest BCUT2D eigenvalue weighted by Gasteiger charge is 2.38. The number of nitrogens with one attached hydrogen (secondary N) is 1. The van der Waals surface area contributed by atoms with E-state index in [-0.39, 0.29) is 11.4 Å². The SMILES string of the molecule is C=CC1CN(S(=O)(=O)c2ccc3c(c2)CCN3C(=O)OCC(Cl)(Cl)Cl)C(=O)N1. The van der Waals surface area contributed by atoms with Gasteiger partial charge in [-0.2, -0.15) is 0 Å². The first kappa shape index (κ1) is 21.0. The van der Waals surface area contributed by atoms with Crippen molar-refractivity contribution in [3.8, 4) is 0 Å². The van der Waals surface area contributed by atoms with E-state index in [1.165, 1.54) is 29.2 Å². The summed E-state index contributed by atoms with van der Waals surface area (Å²) >= 11 is 16.7. The molecule has 1 aromatic carbocycles. The molecule has 2 aliphatic heterocycles. The first-order valence-electron chi connectivity index (χ1n) is 8.12. The number of carbonyl (C=O) groups is 2. The van der Waals surface area contributed by atoms with Gasteiger partial charge in [-0.1, -0.05) is 40.9 Å². The van der Waals surface area contributed by atoms with E-state index < -0.39 is 38.6 Å². The molecule has 1 N–H and O–H groups in total. The molecule has 0 saturated carbocycles. The Labute approximate surface area is 177 Å². The van der Waals surface area contributed by atoms with Crippen molar-refractivity contribution in [3.05, 3.63) is 36.4 Å². The number of carbonyl (C=O) groups excluding carboxylic acids is 2. The lowest BCUT2D eigenvalue weighted by molar-refractivity contribution is 0.156. The van der Waals surface area contributed by atoms with Gasteiger partial charge in [0.25, 0.3) is 10.0 Å². The van der Waals surface area contributed by atoms with E-state index in [9.17, 15) is 18.0 Å². The molecule has 3 rings (SSSR count). The molecule has 0 aliphatic carbocycles. The highest BCUT2D eigenvalue weighted by Crippen LogP contribution is 2.33. The normalized spacial score (nSPS) is 19.4. The molecule has 0 radical (unpaired) electrons. The number of hydrogen-bond donors (Lipinski definition) is 1. The predicted octanol–water partition coefficient (Wildman–Crippen LogP) is 2.82. The van der Waals surface area contributed by atoms with Gasteiger partial charge in [-0.15, -0.1) is 6.58 Å². The maximum atomic E-state index is 12.8. The van der Waals surface area contributed by atoms with Gasteiger partial charge in [0.2, 0.25) is 3.79 Å². The minimum Gasteiger partial charge on any atom is -0.445 e. The predicted molar refractivity (Wildman–Crippen MR) is 106 cm³/mol.